The normalized spacial score (nSPS) is 17.3. The minimum Gasteiger partial charge on any atom is -0.459 e. The van der Waals surface area contributed by atoms with Crippen molar-refractivity contribution in [3.63, 3.8) is 0 Å². The van der Waals surface area contributed by atoms with Crippen LogP contribution in [0.3, 0.4) is 0 Å². The van der Waals surface area contributed by atoms with E-state index in [1.807, 2.05) is 0 Å². The maximum atomic E-state index is 12.5. The van der Waals surface area contributed by atoms with Crippen LogP contribution in [-0.2, 0) is 4.79 Å². The van der Waals surface area contributed by atoms with Gasteiger partial charge in [0.15, 0.2) is 5.76 Å². The molecule has 1 aromatic heterocycles. The quantitative estimate of drug-likeness (QED) is 0.853. The van der Waals surface area contributed by atoms with Crippen molar-refractivity contribution in [1.82, 2.24) is 4.90 Å². The summed E-state index contributed by atoms with van der Waals surface area (Å²) in [6, 6.07) is 7.95. The molecule has 0 unspecified atom stereocenters. The summed E-state index contributed by atoms with van der Waals surface area (Å²) in [7, 11) is 0. The molecule has 7 heteroatoms. The summed E-state index contributed by atoms with van der Waals surface area (Å²) in [4.78, 5) is 26.5. The molecule has 1 N–H and O–H groups in total. The van der Waals surface area contributed by atoms with Crippen molar-refractivity contribution in [3.8, 4) is 0 Å². The van der Waals surface area contributed by atoms with Crippen LogP contribution in [0, 0.1) is 0 Å². The average molecular weight is 398 g/mol. The molecule has 0 saturated carbocycles. The smallest absolute Gasteiger partial charge is 0.290 e. The van der Waals surface area contributed by atoms with Crippen LogP contribution in [0.4, 0.5) is 5.69 Å². The summed E-state index contributed by atoms with van der Waals surface area (Å²) >= 11 is 9.44. The Morgan fingerprint density at radius 3 is 2.87 bits per heavy atom. The van der Waals surface area contributed by atoms with E-state index in [1.165, 1.54) is 6.26 Å². The summed E-state index contributed by atoms with van der Waals surface area (Å²) < 4.78 is 5.97. The molecule has 3 rings (SSSR count). The lowest BCUT2D eigenvalue weighted by molar-refractivity contribution is -0.119. The molecule has 2 amide bonds. The summed E-state index contributed by atoms with van der Waals surface area (Å²) in [6.07, 6.45) is 2.84. The second-order valence-corrected chi connectivity index (χ2v) is 6.57. The van der Waals surface area contributed by atoms with E-state index in [0.717, 1.165) is 10.9 Å². The SMILES string of the molecule is O=C(Nc1ccc(Br)cc1Cl)[C@@H]1CCCN1C(=O)c1ccco1. The molecule has 1 aromatic carbocycles. The van der Waals surface area contributed by atoms with Crippen LogP contribution in [0.5, 0.6) is 0 Å². The Hall–Kier alpha value is -1.79. The van der Waals surface area contributed by atoms with E-state index < -0.39 is 6.04 Å². The van der Waals surface area contributed by atoms with Gasteiger partial charge in [0.2, 0.25) is 5.91 Å². The number of likely N-dealkylation sites (tertiary alicyclic amines) is 1. The van der Waals surface area contributed by atoms with Gasteiger partial charge in [-0.05, 0) is 43.2 Å². The Labute approximate surface area is 146 Å². The number of hydrogen-bond donors (Lipinski definition) is 1. The van der Waals surface area contributed by atoms with Crippen molar-refractivity contribution < 1.29 is 14.0 Å². The first kappa shape index (κ1) is 16.1. The molecule has 0 radical (unpaired) electrons. The van der Waals surface area contributed by atoms with Gasteiger partial charge in [0, 0.05) is 11.0 Å². The minimum atomic E-state index is -0.521. The van der Waals surface area contributed by atoms with E-state index in [2.05, 4.69) is 21.2 Å². The molecule has 2 aromatic rings. The van der Waals surface area contributed by atoms with Crippen molar-refractivity contribution in [2.24, 2.45) is 0 Å². The minimum absolute atomic E-state index is 0.242. The monoisotopic (exact) mass is 396 g/mol. The van der Waals surface area contributed by atoms with Gasteiger partial charge in [-0.15, -0.1) is 0 Å². The van der Waals surface area contributed by atoms with Gasteiger partial charge in [-0.2, -0.15) is 0 Å². The Morgan fingerprint density at radius 1 is 1.35 bits per heavy atom. The molecular formula is C16H14BrClN2O3. The van der Waals surface area contributed by atoms with Gasteiger partial charge in [0.25, 0.3) is 5.91 Å². The van der Waals surface area contributed by atoms with Gasteiger partial charge in [-0.3, -0.25) is 9.59 Å². The maximum absolute atomic E-state index is 12.5. The van der Waals surface area contributed by atoms with Crippen LogP contribution in [0.15, 0.2) is 45.5 Å². The number of nitrogens with one attached hydrogen (secondary N) is 1. The first-order chi connectivity index (χ1) is 11.1. The molecular weight excluding hydrogens is 384 g/mol. The second kappa shape index (κ2) is 6.76. The lowest BCUT2D eigenvalue weighted by Gasteiger charge is -2.23. The molecule has 0 aliphatic carbocycles. The van der Waals surface area contributed by atoms with Crippen LogP contribution < -0.4 is 5.32 Å². The zero-order chi connectivity index (χ0) is 16.4. The highest BCUT2D eigenvalue weighted by atomic mass is 79.9. The molecule has 2 heterocycles. The van der Waals surface area contributed by atoms with Crippen molar-refractivity contribution in [2.45, 2.75) is 18.9 Å². The number of rotatable bonds is 3. The third-order valence-corrected chi connectivity index (χ3v) is 4.54. The number of carbonyl (C=O) groups excluding carboxylic acids is 2. The van der Waals surface area contributed by atoms with E-state index in [0.29, 0.717) is 23.7 Å². The Morgan fingerprint density at radius 2 is 2.17 bits per heavy atom. The number of halogens is 2. The number of nitrogens with zero attached hydrogens (tertiary/aromatic N) is 1. The molecule has 1 saturated heterocycles. The summed E-state index contributed by atoms with van der Waals surface area (Å²) in [5.41, 5.74) is 0.525. The zero-order valence-corrected chi connectivity index (χ0v) is 14.4. The zero-order valence-electron chi connectivity index (χ0n) is 12.1. The predicted octanol–water partition coefficient (Wildman–Crippen LogP) is 3.94. The number of hydrogen-bond acceptors (Lipinski definition) is 3. The van der Waals surface area contributed by atoms with Crippen LogP contribution >= 0.6 is 27.5 Å². The Kier molecular flexibility index (Phi) is 4.73. The fraction of sp³-hybridized carbons (Fsp3) is 0.250. The predicted molar refractivity (Wildman–Crippen MR) is 90.5 cm³/mol. The summed E-state index contributed by atoms with van der Waals surface area (Å²) in [5.74, 6) is -0.271. The van der Waals surface area contributed by atoms with Crippen LogP contribution in [0.25, 0.3) is 0 Å². The molecule has 1 atom stereocenters. The molecule has 1 fully saturated rings. The number of anilines is 1. The molecule has 1 aliphatic heterocycles. The summed E-state index contributed by atoms with van der Waals surface area (Å²) in [5, 5.41) is 3.23. The number of benzene rings is 1. The standard InChI is InChI=1S/C16H14BrClN2O3/c17-10-5-6-12(11(18)9-10)19-15(21)13-3-1-7-20(13)16(22)14-4-2-8-23-14/h2,4-6,8-9,13H,1,3,7H2,(H,19,21)/t13-/m0/s1. The maximum Gasteiger partial charge on any atom is 0.290 e. The first-order valence-corrected chi connectivity index (χ1v) is 8.34. The summed E-state index contributed by atoms with van der Waals surface area (Å²) in [6.45, 7) is 0.533. The average Bonchev–Trinajstić information content (AvgIpc) is 3.20. The molecule has 1 aliphatic rings. The third kappa shape index (κ3) is 3.43. The largest absolute Gasteiger partial charge is 0.459 e. The molecule has 0 spiro atoms. The van der Waals surface area contributed by atoms with Crippen LogP contribution in [0.2, 0.25) is 5.02 Å². The van der Waals surface area contributed by atoms with Gasteiger partial charge >= 0.3 is 0 Å². The Bertz CT molecular complexity index is 733. The topological polar surface area (TPSA) is 62.6 Å². The fourth-order valence-corrected chi connectivity index (χ4v) is 3.35. The van der Waals surface area contributed by atoms with E-state index >= 15 is 0 Å². The van der Waals surface area contributed by atoms with Crippen LogP contribution in [-0.4, -0.2) is 29.3 Å². The molecule has 23 heavy (non-hydrogen) atoms. The third-order valence-electron chi connectivity index (χ3n) is 3.74. The van der Waals surface area contributed by atoms with Gasteiger partial charge < -0.3 is 14.6 Å². The van der Waals surface area contributed by atoms with E-state index in [1.54, 1.807) is 35.2 Å². The lowest BCUT2D eigenvalue weighted by atomic mass is 10.2. The first-order valence-electron chi connectivity index (χ1n) is 7.16. The molecule has 120 valence electrons. The van der Waals surface area contributed by atoms with Crippen molar-refractivity contribution in [2.75, 3.05) is 11.9 Å². The second-order valence-electron chi connectivity index (χ2n) is 5.25. The van der Waals surface area contributed by atoms with Crippen molar-refractivity contribution in [3.05, 3.63) is 51.9 Å². The highest BCUT2D eigenvalue weighted by molar-refractivity contribution is 9.10. The van der Waals surface area contributed by atoms with Crippen molar-refractivity contribution in [1.29, 1.82) is 0 Å². The van der Waals surface area contributed by atoms with E-state index in [-0.39, 0.29) is 17.6 Å². The highest BCUT2D eigenvalue weighted by Crippen LogP contribution is 2.27. The van der Waals surface area contributed by atoms with Gasteiger partial charge in [0.05, 0.1) is 17.0 Å². The van der Waals surface area contributed by atoms with Crippen LogP contribution in [0.1, 0.15) is 23.4 Å². The van der Waals surface area contributed by atoms with Gasteiger partial charge in [-0.25, -0.2) is 0 Å². The number of carbonyl (C=O) groups is 2. The fourth-order valence-electron chi connectivity index (χ4n) is 2.63. The Balaban J connectivity index is 1.74. The van der Waals surface area contributed by atoms with Gasteiger partial charge in [0.1, 0.15) is 6.04 Å². The number of furan rings is 1. The molecule has 0 bridgehead atoms. The molecule has 5 nitrogen and oxygen atoms in total. The van der Waals surface area contributed by atoms with Crippen molar-refractivity contribution >= 4 is 45.0 Å². The number of amides is 2. The van der Waals surface area contributed by atoms with E-state index in [9.17, 15) is 9.59 Å². The highest BCUT2D eigenvalue weighted by Gasteiger charge is 2.35. The van der Waals surface area contributed by atoms with E-state index in [4.69, 9.17) is 16.0 Å². The van der Waals surface area contributed by atoms with Gasteiger partial charge in [-0.1, -0.05) is 27.5 Å². The lowest BCUT2D eigenvalue weighted by Crippen LogP contribution is -2.43.